The zero-order valence-electron chi connectivity index (χ0n) is 15.6. The number of benzene rings is 3. The summed E-state index contributed by atoms with van der Waals surface area (Å²) in [7, 11) is 0. The number of halogens is 1. The molecule has 3 aromatic carbocycles. The molecule has 0 atom stereocenters. The highest BCUT2D eigenvalue weighted by atomic mass is 35.5. The fraction of sp³-hybridized carbons (Fsp3) is 0.0909. The molecule has 0 bridgehead atoms. The highest BCUT2D eigenvalue weighted by molar-refractivity contribution is 7.98. The molecule has 2 heterocycles. The van der Waals surface area contributed by atoms with Crippen LogP contribution in [0.3, 0.4) is 0 Å². The maximum atomic E-state index is 12.9. The monoisotopic (exact) mass is 438 g/mol. The molecule has 0 unspecified atom stereocenters. The number of carbonyl (C=O) groups is 1. The van der Waals surface area contributed by atoms with Crippen molar-refractivity contribution in [1.82, 2.24) is 4.98 Å². The van der Waals surface area contributed by atoms with E-state index in [0.717, 1.165) is 16.7 Å². The van der Waals surface area contributed by atoms with Crippen LogP contribution in [0, 0.1) is 0 Å². The van der Waals surface area contributed by atoms with Crippen molar-refractivity contribution in [2.45, 2.75) is 11.0 Å². The second-order valence-electron chi connectivity index (χ2n) is 6.53. The molecule has 0 radical (unpaired) electrons. The molecule has 4 aromatic rings. The second kappa shape index (κ2) is 7.93. The third-order valence-corrected chi connectivity index (χ3v) is 5.79. The maximum absolute atomic E-state index is 12.9. The normalized spacial score (nSPS) is 12.3. The van der Waals surface area contributed by atoms with Gasteiger partial charge in [-0.2, -0.15) is 0 Å². The average Bonchev–Trinajstić information content (AvgIpc) is 3.38. The Morgan fingerprint density at radius 3 is 2.70 bits per heavy atom. The summed E-state index contributed by atoms with van der Waals surface area (Å²) in [5.74, 6) is 1.39. The minimum Gasteiger partial charge on any atom is -0.454 e. The van der Waals surface area contributed by atoms with Crippen LogP contribution in [0.1, 0.15) is 15.9 Å². The molecule has 0 spiro atoms. The standard InChI is InChI=1S/C22H15ClN2O4S/c23-15-9-19-20(28-12-27-19)10-17(15)24-21(26)14-6-2-1-5-13(14)11-30-22-25-16-7-3-4-8-18(16)29-22/h1-10H,11-12H2,(H,24,26). The van der Waals surface area contributed by atoms with Gasteiger partial charge in [0.25, 0.3) is 11.1 Å². The van der Waals surface area contributed by atoms with Crippen LogP contribution >= 0.6 is 23.4 Å². The first-order chi connectivity index (χ1) is 14.7. The van der Waals surface area contributed by atoms with Gasteiger partial charge in [-0.25, -0.2) is 4.98 Å². The Kier molecular flexibility index (Phi) is 4.98. The Bertz CT molecular complexity index is 1220. The van der Waals surface area contributed by atoms with Crippen molar-refractivity contribution in [1.29, 1.82) is 0 Å². The van der Waals surface area contributed by atoms with Gasteiger partial charge in [0.2, 0.25) is 6.79 Å². The molecule has 5 rings (SSSR count). The van der Waals surface area contributed by atoms with Crippen molar-refractivity contribution in [2.24, 2.45) is 0 Å². The van der Waals surface area contributed by atoms with E-state index in [-0.39, 0.29) is 12.7 Å². The van der Waals surface area contributed by atoms with Gasteiger partial charge in [-0.3, -0.25) is 4.79 Å². The largest absolute Gasteiger partial charge is 0.454 e. The van der Waals surface area contributed by atoms with Gasteiger partial charge in [0.1, 0.15) is 5.52 Å². The average molecular weight is 439 g/mol. The van der Waals surface area contributed by atoms with Crippen LogP contribution in [0.15, 0.2) is 70.3 Å². The lowest BCUT2D eigenvalue weighted by Gasteiger charge is -2.11. The molecule has 8 heteroatoms. The zero-order chi connectivity index (χ0) is 20.5. The number of rotatable bonds is 5. The first-order valence-corrected chi connectivity index (χ1v) is 10.5. The lowest BCUT2D eigenvalue weighted by Crippen LogP contribution is -2.14. The van der Waals surface area contributed by atoms with E-state index in [4.69, 9.17) is 25.5 Å². The summed E-state index contributed by atoms with van der Waals surface area (Å²) in [6.45, 7) is 0.138. The Hall–Kier alpha value is -3.16. The van der Waals surface area contributed by atoms with Crippen molar-refractivity contribution < 1.29 is 18.7 Å². The van der Waals surface area contributed by atoms with E-state index >= 15 is 0 Å². The van der Waals surface area contributed by atoms with Crippen LogP contribution in [-0.2, 0) is 5.75 Å². The third-order valence-electron chi connectivity index (χ3n) is 4.60. The summed E-state index contributed by atoms with van der Waals surface area (Å²) < 4.78 is 16.4. The van der Waals surface area contributed by atoms with Crippen LogP contribution < -0.4 is 14.8 Å². The fourth-order valence-corrected chi connectivity index (χ4v) is 4.17. The lowest BCUT2D eigenvalue weighted by molar-refractivity contribution is 0.102. The van der Waals surface area contributed by atoms with E-state index in [1.165, 1.54) is 11.8 Å². The molecule has 1 aliphatic heterocycles. The number of ether oxygens (including phenoxy) is 2. The molecular formula is C22H15ClN2O4S. The van der Waals surface area contributed by atoms with E-state index in [9.17, 15) is 4.79 Å². The number of carbonyl (C=O) groups excluding carboxylic acids is 1. The van der Waals surface area contributed by atoms with E-state index in [1.807, 2.05) is 42.5 Å². The molecule has 6 nitrogen and oxygen atoms in total. The summed E-state index contributed by atoms with van der Waals surface area (Å²) in [6.07, 6.45) is 0. The SMILES string of the molecule is O=C(Nc1cc2c(cc1Cl)OCO2)c1ccccc1CSc1nc2ccccc2o1. The van der Waals surface area contributed by atoms with Crippen molar-refractivity contribution in [3.8, 4) is 11.5 Å². The lowest BCUT2D eigenvalue weighted by atomic mass is 10.1. The fourth-order valence-electron chi connectivity index (χ4n) is 3.12. The highest BCUT2D eigenvalue weighted by Gasteiger charge is 2.19. The Morgan fingerprint density at radius 1 is 1.07 bits per heavy atom. The number of para-hydroxylation sites is 2. The van der Waals surface area contributed by atoms with Crippen LogP contribution in [0.5, 0.6) is 11.5 Å². The predicted octanol–water partition coefficient (Wildman–Crippen LogP) is 5.75. The van der Waals surface area contributed by atoms with Gasteiger partial charge in [-0.05, 0) is 23.8 Å². The Labute approximate surface area is 181 Å². The van der Waals surface area contributed by atoms with Crippen LogP contribution in [-0.4, -0.2) is 17.7 Å². The van der Waals surface area contributed by atoms with Crippen LogP contribution in [0.2, 0.25) is 5.02 Å². The number of thioether (sulfide) groups is 1. The number of oxazole rings is 1. The van der Waals surface area contributed by atoms with E-state index in [2.05, 4.69) is 10.3 Å². The molecular weight excluding hydrogens is 424 g/mol. The molecule has 30 heavy (non-hydrogen) atoms. The molecule has 0 saturated carbocycles. The van der Waals surface area contributed by atoms with Gasteiger partial charge < -0.3 is 19.2 Å². The molecule has 0 fully saturated rings. The van der Waals surface area contributed by atoms with Crippen LogP contribution in [0.25, 0.3) is 11.1 Å². The van der Waals surface area contributed by atoms with Crippen LogP contribution in [0.4, 0.5) is 5.69 Å². The topological polar surface area (TPSA) is 73.6 Å². The number of amides is 1. The van der Waals surface area contributed by atoms with Gasteiger partial charge in [0.15, 0.2) is 17.1 Å². The Morgan fingerprint density at radius 2 is 1.83 bits per heavy atom. The number of nitrogens with one attached hydrogen (secondary N) is 1. The van der Waals surface area contributed by atoms with Crippen molar-refractivity contribution >= 4 is 46.1 Å². The van der Waals surface area contributed by atoms with E-state index in [0.29, 0.717) is 38.7 Å². The quantitative estimate of drug-likeness (QED) is 0.399. The van der Waals surface area contributed by atoms with Gasteiger partial charge in [-0.15, -0.1) is 0 Å². The maximum Gasteiger partial charge on any atom is 0.257 e. The van der Waals surface area contributed by atoms with E-state index in [1.54, 1.807) is 18.2 Å². The first kappa shape index (κ1) is 18.8. The summed E-state index contributed by atoms with van der Waals surface area (Å²) in [4.78, 5) is 17.4. The zero-order valence-corrected chi connectivity index (χ0v) is 17.1. The molecule has 1 N–H and O–H groups in total. The number of hydrogen-bond acceptors (Lipinski definition) is 6. The molecule has 150 valence electrons. The highest BCUT2D eigenvalue weighted by Crippen LogP contribution is 2.39. The molecule has 0 saturated heterocycles. The van der Waals surface area contributed by atoms with Gasteiger partial charge in [-0.1, -0.05) is 53.7 Å². The van der Waals surface area contributed by atoms with Crippen molar-refractivity contribution in [3.63, 3.8) is 0 Å². The summed E-state index contributed by atoms with van der Waals surface area (Å²) in [5, 5.41) is 3.80. The number of fused-ring (bicyclic) bond motifs is 2. The summed E-state index contributed by atoms with van der Waals surface area (Å²) >= 11 is 7.72. The van der Waals surface area contributed by atoms with Gasteiger partial charge >= 0.3 is 0 Å². The minimum atomic E-state index is -0.260. The minimum absolute atomic E-state index is 0.138. The smallest absolute Gasteiger partial charge is 0.257 e. The van der Waals surface area contributed by atoms with Gasteiger partial charge in [0.05, 0.1) is 10.7 Å². The Balaban J connectivity index is 1.34. The molecule has 1 aromatic heterocycles. The van der Waals surface area contributed by atoms with Crippen molar-refractivity contribution in [2.75, 3.05) is 12.1 Å². The third kappa shape index (κ3) is 3.69. The predicted molar refractivity (Wildman–Crippen MR) is 116 cm³/mol. The molecule has 1 aliphatic rings. The number of nitrogens with zero attached hydrogens (tertiary/aromatic N) is 1. The van der Waals surface area contributed by atoms with E-state index < -0.39 is 0 Å². The van der Waals surface area contributed by atoms with Crippen molar-refractivity contribution in [3.05, 3.63) is 76.8 Å². The second-order valence-corrected chi connectivity index (χ2v) is 7.87. The number of anilines is 1. The summed E-state index contributed by atoms with van der Waals surface area (Å²) in [6, 6.07) is 18.3. The number of aromatic nitrogens is 1. The van der Waals surface area contributed by atoms with Gasteiger partial charge in [0, 0.05) is 23.4 Å². The molecule has 1 amide bonds. The summed E-state index contributed by atoms with van der Waals surface area (Å²) in [5.41, 5.74) is 3.42. The number of hydrogen-bond donors (Lipinski definition) is 1. The first-order valence-electron chi connectivity index (χ1n) is 9.14. The molecule has 0 aliphatic carbocycles.